The number of anilines is 1. The molecule has 3 saturated heterocycles. The second kappa shape index (κ2) is 10.3. The molecular formula is C33H38N6O3. The van der Waals surface area contributed by atoms with Gasteiger partial charge in [-0.3, -0.25) is 4.79 Å². The third kappa shape index (κ3) is 5.06. The fourth-order valence-corrected chi connectivity index (χ4v) is 6.68. The van der Waals surface area contributed by atoms with Crippen LogP contribution in [0.25, 0.3) is 38.9 Å². The van der Waals surface area contributed by atoms with Gasteiger partial charge in [-0.1, -0.05) is 24.3 Å². The van der Waals surface area contributed by atoms with Crippen molar-refractivity contribution in [2.24, 2.45) is 5.92 Å². The van der Waals surface area contributed by atoms with Crippen molar-refractivity contribution >= 4 is 39.3 Å². The summed E-state index contributed by atoms with van der Waals surface area (Å²) < 4.78 is 5.58. The molecule has 1 atom stereocenters. The van der Waals surface area contributed by atoms with Gasteiger partial charge >= 0.3 is 6.09 Å². The van der Waals surface area contributed by atoms with Crippen LogP contribution in [0.15, 0.2) is 53.3 Å². The number of nitrogens with one attached hydrogen (secondary N) is 3. The van der Waals surface area contributed by atoms with E-state index in [2.05, 4.69) is 38.4 Å². The molecule has 42 heavy (non-hydrogen) atoms. The number of rotatable bonds is 4. The molecule has 1 amide bonds. The van der Waals surface area contributed by atoms with Crippen LogP contribution in [-0.4, -0.2) is 75.2 Å². The normalized spacial score (nSPS) is 22.4. The summed E-state index contributed by atoms with van der Waals surface area (Å²) in [6.45, 7) is 10.0. The van der Waals surface area contributed by atoms with Crippen molar-refractivity contribution in [3.05, 3.63) is 64.5 Å². The lowest BCUT2D eigenvalue weighted by Crippen LogP contribution is -2.53. The second-order valence-electron chi connectivity index (χ2n) is 12.9. The number of pyridine rings is 1. The fraction of sp³-hybridized carbons (Fsp3) is 0.424. The highest BCUT2D eigenvalue weighted by molar-refractivity contribution is 6.00. The number of aromatic amines is 2. The van der Waals surface area contributed by atoms with Crippen LogP contribution < -0.4 is 10.9 Å². The van der Waals surface area contributed by atoms with Gasteiger partial charge in [0.2, 0.25) is 0 Å². The molecule has 8 rings (SSSR count). The average molecular weight is 567 g/mol. The van der Waals surface area contributed by atoms with Crippen molar-refractivity contribution in [2.75, 3.05) is 38.0 Å². The van der Waals surface area contributed by atoms with E-state index in [1.165, 1.54) is 18.4 Å². The summed E-state index contributed by atoms with van der Waals surface area (Å²) in [7, 11) is 0. The van der Waals surface area contributed by atoms with Gasteiger partial charge in [-0.05, 0) is 94.4 Å². The van der Waals surface area contributed by atoms with E-state index in [4.69, 9.17) is 9.72 Å². The Labute approximate surface area is 245 Å². The SMILES string of the molecule is CC(C)(C)OC(=O)N1CC=C(c2ccc3[nH]c(=O)c(-c4nc5ccccc5[nH]4)c(N[C@@H]4CN5CCC4CC5)c3c2)CC1. The lowest BCUT2D eigenvalue weighted by Gasteiger charge is -2.45. The van der Waals surface area contributed by atoms with Crippen molar-refractivity contribution in [2.45, 2.75) is 51.7 Å². The predicted molar refractivity (Wildman–Crippen MR) is 167 cm³/mol. The molecular weight excluding hydrogens is 528 g/mol. The maximum atomic E-state index is 13.7. The zero-order chi connectivity index (χ0) is 29.0. The number of benzene rings is 2. The number of nitrogens with zero attached hydrogens (tertiary/aromatic N) is 3. The first-order valence-electron chi connectivity index (χ1n) is 15.0. The first-order chi connectivity index (χ1) is 20.2. The van der Waals surface area contributed by atoms with Crippen LogP contribution in [0.4, 0.5) is 10.5 Å². The summed E-state index contributed by atoms with van der Waals surface area (Å²) in [6, 6.07) is 14.4. The fourth-order valence-electron chi connectivity index (χ4n) is 6.68. The molecule has 0 radical (unpaired) electrons. The van der Waals surface area contributed by atoms with Crippen molar-refractivity contribution in [3.8, 4) is 11.4 Å². The van der Waals surface area contributed by atoms with E-state index in [0.717, 1.165) is 59.2 Å². The number of piperidine rings is 3. The van der Waals surface area contributed by atoms with Crippen LogP contribution in [0.1, 0.15) is 45.6 Å². The van der Waals surface area contributed by atoms with Crippen LogP contribution >= 0.6 is 0 Å². The zero-order valence-corrected chi connectivity index (χ0v) is 24.5. The van der Waals surface area contributed by atoms with E-state index in [1.807, 2.05) is 51.1 Å². The molecule has 4 aliphatic rings. The molecule has 9 heteroatoms. The molecule has 2 aromatic carbocycles. The van der Waals surface area contributed by atoms with Crippen molar-refractivity contribution in [1.82, 2.24) is 24.8 Å². The number of ether oxygens (including phenoxy) is 1. The highest BCUT2D eigenvalue weighted by Crippen LogP contribution is 2.37. The van der Waals surface area contributed by atoms with E-state index < -0.39 is 5.60 Å². The molecule has 4 aliphatic heterocycles. The van der Waals surface area contributed by atoms with E-state index in [9.17, 15) is 9.59 Å². The Hall–Kier alpha value is -4.11. The van der Waals surface area contributed by atoms with Crippen LogP contribution in [0.2, 0.25) is 0 Å². The standard InChI is InChI=1S/C33H38N6O3/c1-33(2,3)42-32(41)39-16-12-20(13-17-39)22-8-9-24-23(18-22)29(34-27-19-38-14-10-21(27)11-15-38)28(31(40)37-24)30-35-25-6-4-5-7-26(25)36-30/h4-9,12,18,21,27H,10-11,13-17,19H2,1-3H3,(H,35,36)(H2,34,37,40)/t27-/m1/s1. The maximum absolute atomic E-state index is 13.7. The molecule has 0 unspecified atom stereocenters. The summed E-state index contributed by atoms with van der Waals surface area (Å²) >= 11 is 0. The largest absolute Gasteiger partial charge is 0.444 e. The van der Waals surface area contributed by atoms with Crippen LogP contribution in [0, 0.1) is 5.92 Å². The Morgan fingerprint density at radius 1 is 1.05 bits per heavy atom. The molecule has 3 fully saturated rings. The number of carbonyl (C=O) groups excluding carboxylic acids is 1. The summed E-state index contributed by atoms with van der Waals surface area (Å²) in [5.41, 5.74) is 5.48. The Kier molecular flexibility index (Phi) is 6.57. The Balaban J connectivity index is 1.30. The van der Waals surface area contributed by atoms with Gasteiger partial charge < -0.3 is 29.8 Å². The number of para-hydroxylation sites is 2. The lowest BCUT2D eigenvalue weighted by atomic mass is 9.83. The predicted octanol–water partition coefficient (Wildman–Crippen LogP) is 5.60. The minimum atomic E-state index is -0.522. The van der Waals surface area contributed by atoms with Gasteiger partial charge in [0, 0.05) is 31.1 Å². The molecule has 2 bridgehead atoms. The van der Waals surface area contributed by atoms with Crippen molar-refractivity contribution in [1.29, 1.82) is 0 Å². The number of imidazole rings is 1. The van der Waals surface area contributed by atoms with Gasteiger partial charge in [-0.15, -0.1) is 0 Å². The molecule has 0 aliphatic carbocycles. The first kappa shape index (κ1) is 26.8. The number of hydrogen-bond acceptors (Lipinski definition) is 6. The number of aromatic nitrogens is 3. The smallest absolute Gasteiger partial charge is 0.410 e. The molecule has 4 aromatic rings. The molecule has 0 saturated carbocycles. The number of fused-ring (bicyclic) bond motifs is 5. The molecule has 3 N–H and O–H groups in total. The molecule has 6 heterocycles. The monoisotopic (exact) mass is 566 g/mol. The number of amides is 1. The molecule has 9 nitrogen and oxygen atoms in total. The van der Waals surface area contributed by atoms with Crippen LogP contribution in [-0.2, 0) is 4.74 Å². The highest BCUT2D eigenvalue weighted by Gasteiger charge is 2.35. The number of hydrogen-bond donors (Lipinski definition) is 3. The minimum Gasteiger partial charge on any atom is -0.444 e. The highest BCUT2D eigenvalue weighted by atomic mass is 16.6. The Morgan fingerprint density at radius 2 is 1.86 bits per heavy atom. The zero-order valence-electron chi connectivity index (χ0n) is 24.5. The van der Waals surface area contributed by atoms with Crippen LogP contribution in [0.3, 0.4) is 0 Å². The number of H-pyrrole nitrogens is 2. The van der Waals surface area contributed by atoms with Gasteiger partial charge in [-0.2, -0.15) is 0 Å². The lowest BCUT2D eigenvalue weighted by molar-refractivity contribution is 0.0270. The van der Waals surface area contributed by atoms with Gasteiger partial charge in [0.05, 0.1) is 22.2 Å². The number of carbonyl (C=O) groups is 1. The van der Waals surface area contributed by atoms with E-state index >= 15 is 0 Å². The van der Waals surface area contributed by atoms with Gasteiger partial charge in [-0.25, -0.2) is 9.78 Å². The van der Waals surface area contributed by atoms with E-state index in [-0.39, 0.29) is 17.7 Å². The van der Waals surface area contributed by atoms with E-state index in [0.29, 0.717) is 30.4 Å². The van der Waals surface area contributed by atoms with E-state index in [1.54, 1.807) is 4.90 Å². The van der Waals surface area contributed by atoms with Gasteiger partial charge in [0.25, 0.3) is 5.56 Å². The summed E-state index contributed by atoms with van der Waals surface area (Å²) in [6.07, 6.45) is 4.90. The summed E-state index contributed by atoms with van der Waals surface area (Å²) in [5, 5.41) is 4.84. The first-order valence-corrected chi connectivity index (χ1v) is 15.0. The summed E-state index contributed by atoms with van der Waals surface area (Å²) in [4.78, 5) is 41.9. The molecule has 218 valence electrons. The Morgan fingerprint density at radius 3 is 2.55 bits per heavy atom. The van der Waals surface area contributed by atoms with Crippen molar-refractivity contribution < 1.29 is 9.53 Å². The van der Waals surface area contributed by atoms with Crippen molar-refractivity contribution in [3.63, 3.8) is 0 Å². The third-order valence-corrected chi connectivity index (χ3v) is 8.86. The maximum Gasteiger partial charge on any atom is 0.410 e. The quantitative estimate of drug-likeness (QED) is 0.297. The minimum absolute atomic E-state index is 0.164. The third-order valence-electron chi connectivity index (χ3n) is 8.86. The van der Waals surface area contributed by atoms with Crippen LogP contribution in [0.5, 0.6) is 0 Å². The van der Waals surface area contributed by atoms with Gasteiger partial charge in [0.1, 0.15) is 17.0 Å². The Bertz CT molecular complexity index is 1720. The van der Waals surface area contributed by atoms with Gasteiger partial charge in [0.15, 0.2) is 0 Å². The molecule has 2 aromatic heterocycles. The molecule has 0 spiro atoms. The average Bonchev–Trinajstić information content (AvgIpc) is 3.40. The summed E-state index contributed by atoms with van der Waals surface area (Å²) in [5.74, 6) is 1.15. The topological polar surface area (TPSA) is 106 Å². The second-order valence-corrected chi connectivity index (χ2v) is 12.9.